The van der Waals surface area contributed by atoms with Crippen molar-refractivity contribution in [2.75, 3.05) is 7.05 Å². The van der Waals surface area contributed by atoms with Crippen molar-refractivity contribution in [2.45, 2.75) is 33.7 Å². The number of fused-ring (bicyclic) bond motifs is 1. The van der Waals surface area contributed by atoms with Gasteiger partial charge in [-0.2, -0.15) is 5.10 Å². The van der Waals surface area contributed by atoms with E-state index in [0.29, 0.717) is 29.9 Å². The Labute approximate surface area is 181 Å². The Balaban J connectivity index is 1.62. The number of furan rings is 1. The number of carbonyl (C=O) groups excluding carboxylic acids is 2. The summed E-state index contributed by atoms with van der Waals surface area (Å²) in [5.74, 6) is -0.283. The van der Waals surface area contributed by atoms with Gasteiger partial charge in [-0.1, -0.05) is 43.3 Å². The van der Waals surface area contributed by atoms with Crippen molar-refractivity contribution in [1.82, 2.24) is 14.7 Å². The normalized spacial score (nSPS) is 11.1. The number of likely N-dealkylation sites (N-methyl/N-ethyl adjacent to an activating group) is 1. The molecule has 0 atom stereocenters. The number of benzene rings is 2. The molecule has 0 fully saturated rings. The molecule has 0 aliphatic rings. The summed E-state index contributed by atoms with van der Waals surface area (Å²) in [5.41, 5.74) is 4.12. The Morgan fingerprint density at radius 3 is 2.42 bits per heavy atom. The lowest BCUT2D eigenvalue weighted by atomic mass is 10.1. The minimum absolute atomic E-state index is 0.301. The van der Waals surface area contributed by atoms with Crippen LogP contribution in [-0.4, -0.2) is 33.4 Å². The number of ketones is 1. The average molecular weight is 415 g/mol. The van der Waals surface area contributed by atoms with E-state index in [-0.39, 0.29) is 0 Å². The van der Waals surface area contributed by atoms with E-state index in [1.165, 1.54) is 4.90 Å². The van der Waals surface area contributed by atoms with Crippen molar-refractivity contribution in [1.29, 1.82) is 0 Å². The standard InChI is InChI=1S/C25H25N3O3/c1-5-21-20(19-13-9-10-14-22(19)31-21)15-27(4)25(30)24(29)23-16(2)26-28(17(23)3)18-11-7-6-8-12-18/h6-14H,5,15H2,1-4H3. The van der Waals surface area contributed by atoms with Crippen molar-refractivity contribution < 1.29 is 14.0 Å². The summed E-state index contributed by atoms with van der Waals surface area (Å²) in [6.45, 7) is 5.88. The molecule has 0 radical (unpaired) electrons. The molecule has 6 nitrogen and oxygen atoms in total. The fourth-order valence-corrected chi connectivity index (χ4v) is 3.99. The molecule has 31 heavy (non-hydrogen) atoms. The zero-order valence-corrected chi connectivity index (χ0v) is 18.2. The van der Waals surface area contributed by atoms with Crippen LogP contribution < -0.4 is 0 Å². The lowest BCUT2D eigenvalue weighted by Crippen LogP contribution is -2.33. The monoisotopic (exact) mass is 415 g/mol. The first-order chi connectivity index (χ1) is 14.9. The third-order valence-corrected chi connectivity index (χ3v) is 5.56. The maximum absolute atomic E-state index is 13.2. The second kappa shape index (κ2) is 8.22. The molecular formula is C25H25N3O3. The molecule has 4 aromatic rings. The van der Waals surface area contributed by atoms with Gasteiger partial charge in [-0.15, -0.1) is 0 Å². The van der Waals surface area contributed by atoms with E-state index < -0.39 is 11.7 Å². The molecule has 1 amide bonds. The molecule has 2 aromatic carbocycles. The van der Waals surface area contributed by atoms with Crippen molar-refractivity contribution in [3.63, 3.8) is 0 Å². The van der Waals surface area contributed by atoms with Gasteiger partial charge in [0, 0.05) is 31.0 Å². The Kier molecular flexibility index (Phi) is 5.46. The largest absolute Gasteiger partial charge is 0.461 e. The quantitative estimate of drug-likeness (QED) is 0.340. The zero-order chi connectivity index (χ0) is 22.1. The van der Waals surface area contributed by atoms with Crippen LogP contribution >= 0.6 is 0 Å². The third kappa shape index (κ3) is 3.65. The molecule has 0 N–H and O–H groups in total. The van der Waals surface area contributed by atoms with Crippen molar-refractivity contribution in [3.8, 4) is 5.69 Å². The number of hydrogen-bond acceptors (Lipinski definition) is 4. The van der Waals surface area contributed by atoms with E-state index in [0.717, 1.165) is 28.0 Å². The van der Waals surface area contributed by atoms with E-state index in [2.05, 4.69) is 5.10 Å². The van der Waals surface area contributed by atoms with Crippen LogP contribution in [0.1, 0.15) is 40.0 Å². The van der Waals surface area contributed by atoms with Crippen LogP contribution in [0.25, 0.3) is 16.7 Å². The molecule has 0 unspecified atom stereocenters. The van der Waals surface area contributed by atoms with Crippen LogP contribution in [0.3, 0.4) is 0 Å². The third-order valence-electron chi connectivity index (χ3n) is 5.56. The van der Waals surface area contributed by atoms with Gasteiger partial charge >= 0.3 is 0 Å². The van der Waals surface area contributed by atoms with Crippen LogP contribution in [-0.2, 0) is 17.8 Å². The van der Waals surface area contributed by atoms with E-state index in [1.54, 1.807) is 18.7 Å². The van der Waals surface area contributed by atoms with Crippen LogP contribution in [0, 0.1) is 13.8 Å². The van der Waals surface area contributed by atoms with Gasteiger partial charge in [-0.05, 0) is 32.0 Å². The highest BCUT2D eigenvalue weighted by Gasteiger charge is 2.28. The number of rotatable bonds is 6. The first-order valence-corrected chi connectivity index (χ1v) is 10.3. The molecule has 158 valence electrons. The van der Waals surface area contributed by atoms with Gasteiger partial charge < -0.3 is 9.32 Å². The minimum Gasteiger partial charge on any atom is -0.461 e. The first kappa shape index (κ1) is 20.6. The predicted molar refractivity (Wildman–Crippen MR) is 119 cm³/mol. The predicted octanol–water partition coefficient (Wildman–Crippen LogP) is 4.64. The molecule has 0 spiro atoms. The number of carbonyl (C=O) groups is 2. The Bertz CT molecular complexity index is 1270. The number of Topliss-reactive ketones (excluding diaryl/α,β-unsaturated/α-hetero) is 1. The average Bonchev–Trinajstić information content (AvgIpc) is 3.29. The van der Waals surface area contributed by atoms with Gasteiger partial charge in [0.15, 0.2) is 0 Å². The second-order valence-electron chi connectivity index (χ2n) is 7.64. The molecular weight excluding hydrogens is 390 g/mol. The molecule has 0 saturated heterocycles. The number of para-hydroxylation sites is 2. The van der Waals surface area contributed by atoms with E-state index in [4.69, 9.17) is 4.42 Å². The van der Waals surface area contributed by atoms with Crippen LogP contribution in [0.4, 0.5) is 0 Å². The summed E-state index contributed by atoms with van der Waals surface area (Å²) in [5, 5.41) is 5.47. The number of amides is 1. The Hall–Kier alpha value is -3.67. The highest BCUT2D eigenvalue weighted by molar-refractivity contribution is 6.43. The summed E-state index contributed by atoms with van der Waals surface area (Å²) >= 11 is 0. The Morgan fingerprint density at radius 2 is 1.71 bits per heavy atom. The first-order valence-electron chi connectivity index (χ1n) is 10.3. The number of aryl methyl sites for hydroxylation is 2. The number of aromatic nitrogens is 2. The van der Waals surface area contributed by atoms with Crippen LogP contribution in [0.15, 0.2) is 59.0 Å². The molecule has 2 heterocycles. The van der Waals surface area contributed by atoms with Crippen LogP contribution in [0.5, 0.6) is 0 Å². The second-order valence-corrected chi connectivity index (χ2v) is 7.64. The van der Waals surface area contributed by atoms with Crippen molar-refractivity contribution in [2.24, 2.45) is 0 Å². The maximum atomic E-state index is 13.2. The van der Waals surface area contributed by atoms with E-state index in [9.17, 15) is 9.59 Å². The van der Waals surface area contributed by atoms with Crippen molar-refractivity contribution >= 4 is 22.7 Å². The van der Waals surface area contributed by atoms with Crippen molar-refractivity contribution in [3.05, 3.63) is 82.9 Å². The molecule has 0 saturated carbocycles. The van der Waals surface area contributed by atoms with E-state index in [1.807, 2.05) is 68.4 Å². The van der Waals surface area contributed by atoms with Gasteiger partial charge in [-0.3, -0.25) is 9.59 Å². The highest BCUT2D eigenvalue weighted by atomic mass is 16.3. The number of nitrogens with zero attached hydrogens (tertiary/aromatic N) is 3. The Morgan fingerprint density at radius 1 is 1.03 bits per heavy atom. The summed E-state index contributed by atoms with van der Waals surface area (Å²) in [6.07, 6.45) is 0.710. The van der Waals surface area contributed by atoms with Gasteiger partial charge in [-0.25, -0.2) is 4.68 Å². The molecule has 4 rings (SSSR count). The lowest BCUT2D eigenvalue weighted by Gasteiger charge is -2.16. The number of hydrogen-bond donors (Lipinski definition) is 0. The lowest BCUT2D eigenvalue weighted by molar-refractivity contribution is -0.125. The minimum atomic E-state index is -0.564. The summed E-state index contributed by atoms with van der Waals surface area (Å²) in [4.78, 5) is 27.7. The van der Waals surface area contributed by atoms with E-state index >= 15 is 0 Å². The highest BCUT2D eigenvalue weighted by Crippen LogP contribution is 2.28. The van der Waals surface area contributed by atoms with Gasteiger partial charge in [0.1, 0.15) is 11.3 Å². The van der Waals surface area contributed by atoms with Crippen LogP contribution in [0.2, 0.25) is 0 Å². The van der Waals surface area contributed by atoms with Gasteiger partial charge in [0.05, 0.1) is 22.6 Å². The topological polar surface area (TPSA) is 68.3 Å². The fraction of sp³-hybridized carbons (Fsp3) is 0.240. The summed E-state index contributed by atoms with van der Waals surface area (Å²) in [7, 11) is 1.65. The molecule has 0 aliphatic heterocycles. The molecule has 0 bridgehead atoms. The fourth-order valence-electron chi connectivity index (χ4n) is 3.99. The molecule has 2 aromatic heterocycles. The summed E-state index contributed by atoms with van der Waals surface area (Å²) < 4.78 is 7.63. The van der Waals surface area contributed by atoms with Gasteiger partial charge in [0.2, 0.25) is 0 Å². The molecule has 6 heteroatoms. The summed E-state index contributed by atoms with van der Waals surface area (Å²) in [6, 6.07) is 17.3. The van der Waals surface area contributed by atoms with Gasteiger partial charge in [0.25, 0.3) is 11.7 Å². The molecule has 0 aliphatic carbocycles. The SMILES string of the molecule is CCc1oc2ccccc2c1CN(C)C(=O)C(=O)c1c(C)nn(-c2ccccc2)c1C. The maximum Gasteiger partial charge on any atom is 0.295 e. The smallest absolute Gasteiger partial charge is 0.295 e. The zero-order valence-electron chi connectivity index (χ0n) is 18.2.